The summed E-state index contributed by atoms with van der Waals surface area (Å²) in [5.41, 5.74) is 6.57. The lowest BCUT2D eigenvalue weighted by Gasteiger charge is -2.26. The van der Waals surface area contributed by atoms with Gasteiger partial charge in [0.25, 0.3) is 0 Å². The molecule has 2 rings (SSSR count). The third-order valence-corrected chi connectivity index (χ3v) is 4.14. The zero-order chi connectivity index (χ0) is 16.9. The number of aromatic nitrogens is 4. The third-order valence-electron chi connectivity index (χ3n) is 3.89. The highest BCUT2D eigenvalue weighted by atomic mass is 35.5. The molecule has 1 aromatic carbocycles. The van der Waals surface area contributed by atoms with Crippen LogP contribution in [0.1, 0.15) is 26.7 Å². The van der Waals surface area contributed by atoms with E-state index in [0.717, 1.165) is 18.4 Å². The number of nitrogens with one attached hydrogen (secondary N) is 1. The first-order chi connectivity index (χ1) is 11.0. The first kappa shape index (κ1) is 20.3. The Balaban J connectivity index is 0.00000288. The van der Waals surface area contributed by atoms with Crippen LogP contribution in [0.15, 0.2) is 24.3 Å². The molecule has 0 aliphatic heterocycles. The van der Waals surface area contributed by atoms with Crippen LogP contribution in [0.5, 0.6) is 0 Å². The van der Waals surface area contributed by atoms with Crippen LogP contribution in [-0.2, 0) is 11.3 Å². The molecule has 0 aliphatic carbocycles. The van der Waals surface area contributed by atoms with Crippen LogP contribution in [0.2, 0.25) is 5.02 Å². The number of nitrogens with zero attached hydrogens (tertiary/aromatic N) is 4. The molecular weight excluding hydrogens is 351 g/mol. The van der Waals surface area contributed by atoms with E-state index in [2.05, 4.69) is 20.7 Å². The second-order valence-corrected chi connectivity index (χ2v) is 5.93. The van der Waals surface area contributed by atoms with Crippen LogP contribution >= 0.6 is 24.0 Å². The van der Waals surface area contributed by atoms with Crippen molar-refractivity contribution in [2.45, 2.75) is 38.8 Å². The first-order valence-corrected chi connectivity index (χ1v) is 7.93. The lowest BCUT2D eigenvalue weighted by atomic mass is 9.94. The summed E-state index contributed by atoms with van der Waals surface area (Å²) in [5, 5.41) is 15.5. The predicted molar refractivity (Wildman–Crippen MR) is 96.0 cm³/mol. The lowest BCUT2D eigenvalue weighted by molar-refractivity contribution is -0.122. The maximum absolute atomic E-state index is 12.0. The number of nitrogens with two attached hydrogens (primary N) is 1. The van der Waals surface area contributed by atoms with E-state index in [1.165, 1.54) is 4.80 Å². The van der Waals surface area contributed by atoms with Gasteiger partial charge < -0.3 is 11.1 Å². The summed E-state index contributed by atoms with van der Waals surface area (Å²) < 4.78 is 0. The molecule has 2 aromatic rings. The van der Waals surface area contributed by atoms with E-state index in [4.69, 9.17) is 17.3 Å². The molecule has 0 unspecified atom stereocenters. The number of carbonyl (C=O) groups is 1. The molecule has 1 amide bonds. The van der Waals surface area contributed by atoms with Gasteiger partial charge in [-0.15, -0.1) is 22.6 Å². The Hall–Kier alpha value is -1.70. The van der Waals surface area contributed by atoms with E-state index in [1.54, 1.807) is 24.3 Å². The predicted octanol–water partition coefficient (Wildman–Crippen LogP) is 2.05. The van der Waals surface area contributed by atoms with Gasteiger partial charge in [0.2, 0.25) is 11.7 Å². The highest BCUT2D eigenvalue weighted by molar-refractivity contribution is 6.30. The summed E-state index contributed by atoms with van der Waals surface area (Å²) in [5.74, 6) is 0.256. The van der Waals surface area contributed by atoms with Gasteiger partial charge in [0.1, 0.15) is 6.54 Å². The molecule has 24 heavy (non-hydrogen) atoms. The monoisotopic (exact) mass is 372 g/mol. The standard InChI is InChI=1S/C15H21ClN6O.ClH/c1-3-15(17,4-2)10-18-13(23)9-22-20-14(19-21-22)11-5-7-12(16)8-6-11;/h5-8H,3-4,9-10,17H2,1-2H3,(H,18,23);1H. The van der Waals surface area contributed by atoms with Crippen LogP contribution in [0.25, 0.3) is 11.4 Å². The lowest BCUT2D eigenvalue weighted by Crippen LogP contribution is -2.49. The van der Waals surface area contributed by atoms with Gasteiger partial charge in [-0.3, -0.25) is 4.79 Å². The molecule has 0 bridgehead atoms. The van der Waals surface area contributed by atoms with Crippen LogP contribution in [0, 0.1) is 0 Å². The van der Waals surface area contributed by atoms with E-state index >= 15 is 0 Å². The quantitative estimate of drug-likeness (QED) is 0.774. The molecule has 1 heterocycles. The van der Waals surface area contributed by atoms with Crippen molar-refractivity contribution in [1.82, 2.24) is 25.5 Å². The Morgan fingerprint density at radius 2 is 1.92 bits per heavy atom. The number of rotatable bonds is 7. The molecule has 7 nitrogen and oxygen atoms in total. The summed E-state index contributed by atoms with van der Waals surface area (Å²) >= 11 is 5.84. The van der Waals surface area contributed by atoms with Gasteiger partial charge in [0.15, 0.2) is 0 Å². The summed E-state index contributed by atoms with van der Waals surface area (Å²) in [6.07, 6.45) is 1.60. The molecule has 0 aliphatic rings. The molecule has 0 saturated heterocycles. The summed E-state index contributed by atoms with van der Waals surface area (Å²) in [6.45, 7) is 4.45. The van der Waals surface area contributed by atoms with Gasteiger partial charge in [0, 0.05) is 22.7 Å². The number of benzene rings is 1. The average molecular weight is 373 g/mol. The topological polar surface area (TPSA) is 98.7 Å². The fourth-order valence-electron chi connectivity index (χ4n) is 1.98. The summed E-state index contributed by atoms with van der Waals surface area (Å²) in [4.78, 5) is 13.2. The van der Waals surface area contributed by atoms with E-state index in [-0.39, 0.29) is 30.4 Å². The maximum atomic E-state index is 12.0. The fraction of sp³-hybridized carbons (Fsp3) is 0.467. The van der Waals surface area contributed by atoms with Crippen LogP contribution in [-0.4, -0.2) is 38.2 Å². The second kappa shape index (κ2) is 8.96. The molecule has 0 spiro atoms. The Morgan fingerprint density at radius 1 is 1.29 bits per heavy atom. The third kappa shape index (κ3) is 5.43. The van der Waals surface area contributed by atoms with E-state index in [1.807, 2.05) is 13.8 Å². The molecule has 0 atom stereocenters. The van der Waals surface area contributed by atoms with Crippen molar-refractivity contribution in [3.63, 3.8) is 0 Å². The van der Waals surface area contributed by atoms with Crippen molar-refractivity contribution in [1.29, 1.82) is 0 Å². The molecular formula is C15H22Cl2N6O. The number of amides is 1. The van der Waals surface area contributed by atoms with Gasteiger partial charge in [-0.2, -0.15) is 4.80 Å². The number of hydrogen-bond acceptors (Lipinski definition) is 5. The SMILES string of the molecule is CCC(N)(CC)CNC(=O)Cn1nnc(-c2ccc(Cl)cc2)n1.Cl. The number of halogens is 2. The van der Waals surface area contributed by atoms with E-state index in [9.17, 15) is 4.79 Å². The number of carbonyl (C=O) groups excluding carboxylic acids is 1. The number of tetrazole rings is 1. The van der Waals surface area contributed by atoms with E-state index < -0.39 is 0 Å². The van der Waals surface area contributed by atoms with Crippen molar-refractivity contribution in [3.8, 4) is 11.4 Å². The molecule has 0 radical (unpaired) electrons. The Kier molecular flexibility index (Phi) is 7.59. The van der Waals surface area contributed by atoms with Gasteiger partial charge in [-0.25, -0.2) is 0 Å². The Bertz CT molecular complexity index is 654. The Labute approximate surface area is 152 Å². The normalized spacial score (nSPS) is 11.0. The first-order valence-electron chi connectivity index (χ1n) is 7.55. The maximum Gasteiger partial charge on any atom is 0.243 e. The fourth-order valence-corrected chi connectivity index (χ4v) is 2.11. The van der Waals surface area contributed by atoms with Gasteiger partial charge in [-0.05, 0) is 42.3 Å². The van der Waals surface area contributed by atoms with Gasteiger partial charge >= 0.3 is 0 Å². The smallest absolute Gasteiger partial charge is 0.243 e. The zero-order valence-electron chi connectivity index (χ0n) is 13.7. The van der Waals surface area contributed by atoms with Crippen molar-refractivity contribution >= 4 is 29.9 Å². The molecule has 1 aromatic heterocycles. The second-order valence-electron chi connectivity index (χ2n) is 5.50. The zero-order valence-corrected chi connectivity index (χ0v) is 15.3. The van der Waals surface area contributed by atoms with Crippen molar-refractivity contribution < 1.29 is 4.79 Å². The summed E-state index contributed by atoms with van der Waals surface area (Å²) in [6, 6.07) is 7.10. The number of hydrogen-bond donors (Lipinski definition) is 2. The van der Waals surface area contributed by atoms with Crippen LogP contribution in [0.3, 0.4) is 0 Å². The van der Waals surface area contributed by atoms with Crippen molar-refractivity contribution in [2.75, 3.05) is 6.54 Å². The largest absolute Gasteiger partial charge is 0.353 e. The minimum absolute atomic E-state index is 0. The average Bonchev–Trinajstić information content (AvgIpc) is 3.01. The minimum atomic E-state index is -0.375. The minimum Gasteiger partial charge on any atom is -0.353 e. The highest BCUT2D eigenvalue weighted by Crippen LogP contribution is 2.16. The Morgan fingerprint density at radius 3 is 2.50 bits per heavy atom. The highest BCUT2D eigenvalue weighted by Gasteiger charge is 2.21. The van der Waals surface area contributed by atoms with Gasteiger partial charge in [-0.1, -0.05) is 25.4 Å². The van der Waals surface area contributed by atoms with Crippen LogP contribution in [0.4, 0.5) is 0 Å². The molecule has 3 N–H and O–H groups in total. The van der Waals surface area contributed by atoms with Gasteiger partial charge in [0.05, 0.1) is 0 Å². The molecule has 132 valence electrons. The molecule has 0 fully saturated rings. The summed E-state index contributed by atoms with van der Waals surface area (Å²) in [7, 11) is 0. The van der Waals surface area contributed by atoms with E-state index in [0.29, 0.717) is 17.4 Å². The van der Waals surface area contributed by atoms with Crippen molar-refractivity contribution in [3.05, 3.63) is 29.3 Å². The molecule has 9 heteroatoms. The van der Waals surface area contributed by atoms with Crippen LogP contribution < -0.4 is 11.1 Å². The molecule has 0 saturated carbocycles. The van der Waals surface area contributed by atoms with Crippen molar-refractivity contribution in [2.24, 2.45) is 5.73 Å².